The second kappa shape index (κ2) is 5.17. The van der Waals surface area contributed by atoms with Gasteiger partial charge in [0.2, 0.25) is 10.0 Å². The van der Waals surface area contributed by atoms with Crippen LogP contribution in [-0.2, 0) is 21.4 Å². The molecule has 5 heteroatoms. The second-order valence-electron chi connectivity index (χ2n) is 7.23. The van der Waals surface area contributed by atoms with Crippen LogP contribution >= 0.6 is 0 Å². The van der Waals surface area contributed by atoms with Gasteiger partial charge in [0.1, 0.15) is 5.78 Å². The molecule has 22 heavy (non-hydrogen) atoms. The van der Waals surface area contributed by atoms with Crippen molar-refractivity contribution < 1.29 is 13.2 Å². The number of ketones is 1. The van der Waals surface area contributed by atoms with Gasteiger partial charge in [-0.15, -0.1) is 0 Å². The quantitative estimate of drug-likeness (QED) is 0.906. The Kier molecular flexibility index (Phi) is 3.68. The van der Waals surface area contributed by atoms with Gasteiger partial charge in [-0.2, -0.15) is 0 Å². The summed E-state index contributed by atoms with van der Waals surface area (Å²) in [5.41, 5.74) is 0.0102. The summed E-state index contributed by atoms with van der Waals surface area (Å²) in [6.45, 7) is 4.39. The van der Waals surface area contributed by atoms with Crippen molar-refractivity contribution in [2.75, 3.05) is 5.75 Å². The molecule has 0 aliphatic heterocycles. The van der Waals surface area contributed by atoms with Crippen molar-refractivity contribution >= 4 is 15.8 Å². The van der Waals surface area contributed by atoms with Crippen molar-refractivity contribution in [2.24, 2.45) is 16.7 Å². The lowest BCUT2D eigenvalue weighted by Gasteiger charge is -2.36. The van der Waals surface area contributed by atoms with Gasteiger partial charge in [-0.1, -0.05) is 44.2 Å². The molecule has 2 bridgehead atoms. The lowest BCUT2D eigenvalue weighted by molar-refractivity contribution is -0.128. The highest BCUT2D eigenvalue weighted by Gasteiger charge is 2.65. The third-order valence-electron chi connectivity index (χ3n) is 5.91. The van der Waals surface area contributed by atoms with Gasteiger partial charge < -0.3 is 0 Å². The maximum absolute atomic E-state index is 12.5. The first-order valence-corrected chi connectivity index (χ1v) is 9.47. The fourth-order valence-corrected chi connectivity index (χ4v) is 6.09. The first kappa shape index (κ1) is 15.7. The Bertz CT molecular complexity index is 681. The number of fused-ring (bicyclic) bond motifs is 2. The van der Waals surface area contributed by atoms with E-state index in [-0.39, 0.29) is 23.5 Å². The van der Waals surface area contributed by atoms with E-state index in [9.17, 15) is 13.2 Å². The first-order valence-electron chi connectivity index (χ1n) is 7.81. The Hall–Kier alpha value is -1.20. The third kappa shape index (κ3) is 2.40. The molecule has 0 heterocycles. The highest BCUT2D eigenvalue weighted by Crippen LogP contribution is 2.64. The first-order chi connectivity index (χ1) is 10.3. The maximum atomic E-state index is 12.5. The van der Waals surface area contributed by atoms with Crippen LogP contribution < -0.4 is 4.72 Å². The smallest absolute Gasteiger partial charge is 0.212 e. The molecule has 3 rings (SSSR count). The minimum Gasteiger partial charge on any atom is -0.299 e. The van der Waals surface area contributed by atoms with Crippen LogP contribution in [0.15, 0.2) is 30.3 Å². The minimum atomic E-state index is -3.48. The van der Waals surface area contributed by atoms with E-state index >= 15 is 0 Å². The molecule has 1 aromatic carbocycles. The van der Waals surface area contributed by atoms with Gasteiger partial charge in [0.15, 0.2) is 0 Å². The van der Waals surface area contributed by atoms with E-state index in [4.69, 9.17) is 0 Å². The van der Waals surface area contributed by atoms with Gasteiger partial charge in [0.05, 0.1) is 5.75 Å². The number of hydrogen-bond acceptors (Lipinski definition) is 3. The van der Waals surface area contributed by atoms with Crippen LogP contribution in [0, 0.1) is 16.7 Å². The third-order valence-corrected chi connectivity index (χ3v) is 7.37. The largest absolute Gasteiger partial charge is 0.299 e. The molecule has 0 unspecified atom stereocenters. The standard InChI is InChI=1S/C17H23NO3S/c1-16(2)14-8-9-17(16,15(19)10-14)12-22(20,21)18-11-13-6-4-3-5-7-13/h3-7,14,18H,8-12H2,1-2H3/t14-,17+/m0/s1. The van der Waals surface area contributed by atoms with Gasteiger partial charge in [-0.25, -0.2) is 13.1 Å². The summed E-state index contributed by atoms with van der Waals surface area (Å²) < 4.78 is 27.7. The van der Waals surface area contributed by atoms with Crippen LogP contribution in [0.3, 0.4) is 0 Å². The van der Waals surface area contributed by atoms with Crippen molar-refractivity contribution in [3.63, 3.8) is 0 Å². The predicted octanol–water partition coefficient (Wildman–Crippen LogP) is 2.50. The van der Waals surface area contributed by atoms with E-state index < -0.39 is 15.4 Å². The molecule has 0 aromatic heterocycles. The summed E-state index contributed by atoms with van der Waals surface area (Å²) in [6.07, 6.45) is 2.21. The van der Waals surface area contributed by atoms with Crippen LogP contribution in [0.1, 0.15) is 38.7 Å². The SMILES string of the molecule is CC1(C)[C@H]2CC[C@@]1(CS(=O)(=O)NCc1ccccc1)C(=O)C2. The van der Waals surface area contributed by atoms with E-state index in [1.165, 1.54) is 0 Å². The van der Waals surface area contributed by atoms with Crippen LogP contribution in [0.2, 0.25) is 0 Å². The van der Waals surface area contributed by atoms with Crippen molar-refractivity contribution in [1.82, 2.24) is 4.72 Å². The highest BCUT2D eigenvalue weighted by atomic mass is 32.2. The molecule has 0 saturated heterocycles. The van der Waals surface area contributed by atoms with E-state index in [1.807, 2.05) is 30.3 Å². The normalized spacial score (nSPS) is 29.9. The second-order valence-corrected chi connectivity index (χ2v) is 9.04. The molecule has 1 N–H and O–H groups in total. The zero-order valence-electron chi connectivity index (χ0n) is 13.1. The zero-order valence-corrected chi connectivity index (χ0v) is 13.9. The summed E-state index contributed by atoms with van der Waals surface area (Å²) in [7, 11) is -3.48. The molecule has 120 valence electrons. The van der Waals surface area contributed by atoms with Crippen molar-refractivity contribution in [2.45, 2.75) is 39.7 Å². The van der Waals surface area contributed by atoms with Gasteiger partial charge >= 0.3 is 0 Å². The highest BCUT2D eigenvalue weighted by molar-refractivity contribution is 7.89. The maximum Gasteiger partial charge on any atom is 0.212 e. The molecule has 0 radical (unpaired) electrons. The summed E-state index contributed by atoms with van der Waals surface area (Å²) in [5, 5.41) is 0. The summed E-state index contributed by atoms with van der Waals surface area (Å²) >= 11 is 0. The van der Waals surface area contributed by atoms with Crippen LogP contribution in [0.25, 0.3) is 0 Å². The van der Waals surface area contributed by atoms with E-state index in [0.717, 1.165) is 12.0 Å². The van der Waals surface area contributed by atoms with Gasteiger partial charge in [-0.3, -0.25) is 4.79 Å². The van der Waals surface area contributed by atoms with Crippen molar-refractivity contribution in [1.29, 1.82) is 0 Å². The molecule has 1 aromatic rings. The minimum absolute atomic E-state index is 0.0742. The Balaban J connectivity index is 1.75. The number of Topliss-reactive ketones (excluding diaryl/α,β-unsaturated/α-hetero) is 1. The molecule has 4 nitrogen and oxygen atoms in total. The monoisotopic (exact) mass is 321 g/mol. The summed E-state index contributed by atoms with van der Waals surface area (Å²) in [6, 6.07) is 9.43. The molecule has 0 amide bonds. The Morgan fingerprint density at radius 1 is 1.23 bits per heavy atom. The van der Waals surface area contributed by atoms with Gasteiger partial charge in [0, 0.05) is 18.4 Å². The predicted molar refractivity (Wildman–Crippen MR) is 85.6 cm³/mol. The number of hydrogen-bond donors (Lipinski definition) is 1. The number of nitrogens with one attached hydrogen (secondary N) is 1. The molecule has 2 saturated carbocycles. The lowest BCUT2D eigenvalue weighted by atomic mass is 9.70. The fourth-order valence-electron chi connectivity index (χ4n) is 4.27. The average molecular weight is 321 g/mol. The molecule has 2 aliphatic carbocycles. The average Bonchev–Trinajstić information content (AvgIpc) is 2.80. The number of carbonyl (C=O) groups excluding carboxylic acids is 1. The molecular weight excluding hydrogens is 298 g/mol. The van der Waals surface area contributed by atoms with Gasteiger partial charge in [-0.05, 0) is 29.7 Å². The summed E-state index contributed by atoms with van der Waals surface area (Å²) in [5.74, 6) is 0.401. The van der Waals surface area contributed by atoms with Gasteiger partial charge in [0.25, 0.3) is 0 Å². The van der Waals surface area contributed by atoms with Crippen molar-refractivity contribution in [3.05, 3.63) is 35.9 Å². The molecule has 0 spiro atoms. The van der Waals surface area contributed by atoms with E-state index in [1.54, 1.807) is 0 Å². The van der Waals surface area contributed by atoms with E-state index in [0.29, 0.717) is 18.8 Å². The number of sulfonamides is 1. The molecular formula is C17H23NO3S. The summed E-state index contributed by atoms with van der Waals surface area (Å²) in [4.78, 5) is 12.4. The zero-order chi connectivity index (χ0) is 16.0. The van der Waals surface area contributed by atoms with Crippen LogP contribution in [-0.4, -0.2) is 20.0 Å². The topological polar surface area (TPSA) is 63.2 Å². The number of benzene rings is 1. The Labute approximate surface area is 132 Å². The molecule has 2 atom stereocenters. The van der Waals surface area contributed by atoms with E-state index in [2.05, 4.69) is 18.6 Å². The van der Waals surface area contributed by atoms with Crippen LogP contribution in [0.4, 0.5) is 0 Å². The Morgan fingerprint density at radius 2 is 1.91 bits per heavy atom. The Morgan fingerprint density at radius 3 is 2.45 bits per heavy atom. The lowest BCUT2D eigenvalue weighted by Crippen LogP contribution is -2.45. The number of rotatable bonds is 5. The van der Waals surface area contributed by atoms with Crippen LogP contribution in [0.5, 0.6) is 0 Å². The molecule has 2 aliphatic rings. The molecule has 2 fully saturated rings. The van der Waals surface area contributed by atoms with Crippen molar-refractivity contribution in [3.8, 4) is 0 Å². The number of carbonyl (C=O) groups is 1. The fraction of sp³-hybridized carbons (Fsp3) is 0.588.